The summed E-state index contributed by atoms with van der Waals surface area (Å²) in [5.41, 5.74) is 4.10. The molecule has 1 aromatic carbocycles. The molecule has 0 aliphatic heterocycles. The molecule has 0 aliphatic rings. The molecule has 0 radical (unpaired) electrons. The number of carbonyl (C=O) groups is 1. The zero-order chi connectivity index (χ0) is 12.7. The first-order chi connectivity index (χ1) is 7.97. The van der Waals surface area contributed by atoms with E-state index in [1.54, 1.807) is 6.92 Å². The van der Waals surface area contributed by atoms with E-state index in [0.29, 0.717) is 10.7 Å². The van der Waals surface area contributed by atoms with Gasteiger partial charge in [0.1, 0.15) is 5.15 Å². The van der Waals surface area contributed by atoms with Gasteiger partial charge in [0.25, 0.3) is 0 Å². The number of hydrogen-bond acceptors (Lipinski definition) is 1. The third-order valence-electron chi connectivity index (χ3n) is 3.28. The Morgan fingerprint density at radius 2 is 1.88 bits per heavy atom. The van der Waals surface area contributed by atoms with Gasteiger partial charge in [0.2, 0.25) is 0 Å². The van der Waals surface area contributed by atoms with Crippen LogP contribution < -0.4 is 0 Å². The zero-order valence-corrected chi connectivity index (χ0v) is 11.4. The van der Waals surface area contributed by atoms with E-state index in [2.05, 4.69) is 26.0 Å². The molecule has 1 heterocycles. The highest BCUT2D eigenvalue weighted by Gasteiger charge is 2.18. The van der Waals surface area contributed by atoms with Crippen molar-refractivity contribution in [1.29, 1.82) is 0 Å². The van der Waals surface area contributed by atoms with Gasteiger partial charge in [0, 0.05) is 11.9 Å². The minimum absolute atomic E-state index is 0.0236. The molecule has 0 aliphatic carbocycles. The molecule has 0 unspecified atom stereocenters. The summed E-state index contributed by atoms with van der Waals surface area (Å²) in [6.07, 6.45) is 0. The lowest BCUT2D eigenvalue weighted by Gasteiger charge is -2.04. The molecule has 0 fully saturated rings. The van der Waals surface area contributed by atoms with Gasteiger partial charge in [-0.15, -0.1) is 0 Å². The Kier molecular flexibility index (Phi) is 3.00. The first kappa shape index (κ1) is 12.2. The first-order valence-electron chi connectivity index (χ1n) is 5.77. The van der Waals surface area contributed by atoms with Crippen molar-refractivity contribution in [1.82, 2.24) is 4.57 Å². The summed E-state index contributed by atoms with van der Waals surface area (Å²) >= 11 is 6.29. The summed E-state index contributed by atoms with van der Waals surface area (Å²) in [6.45, 7) is 8.49. The highest BCUT2D eigenvalue weighted by molar-refractivity contribution is 6.35. The van der Waals surface area contributed by atoms with Crippen LogP contribution in [0.2, 0.25) is 5.15 Å². The molecule has 1 aromatic heterocycles. The van der Waals surface area contributed by atoms with Crippen LogP contribution in [0.3, 0.4) is 0 Å². The number of ketones is 1. The lowest BCUT2D eigenvalue weighted by Crippen LogP contribution is -1.95. The van der Waals surface area contributed by atoms with Gasteiger partial charge in [-0.25, -0.2) is 0 Å². The quantitative estimate of drug-likeness (QED) is 0.734. The van der Waals surface area contributed by atoms with Crippen LogP contribution in [0.5, 0.6) is 0 Å². The summed E-state index contributed by atoms with van der Waals surface area (Å²) in [7, 11) is 0. The summed E-state index contributed by atoms with van der Waals surface area (Å²) < 4.78 is 1.99. The van der Waals surface area contributed by atoms with E-state index in [-0.39, 0.29) is 5.78 Å². The molecule has 0 spiro atoms. The van der Waals surface area contributed by atoms with Crippen LogP contribution in [0.15, 0.2) is 12.1 Å². The fourth-order valence-corrected chi connectivity index (χ4v) is 2.67. The lowest BCUT2D eigenvalue weighted by molar-refractivity contribution is 0.101. The number of aryl methyl sites for hydroxylation is 3. The van der Waals surface area contributed by atoms with Crippen molar-refractivity contribution >= 4 is 28.3 Å². The van der Waals surface area contributed by atoms with Gasteiger partial charge in [-0.3, -0.25) is 4.79 Å². The molecular weight excluding hydrogens is 234 g/mol. The lowest BCUT2D eigenvalue weighted by atomic mass is 10.0. The van der Waals surface area contributed by atoms with Gasteiger partial charge in [-0.2, -0.15) is 0 Å². The van der Waals surface area contributed by atoms with Crippen LogP contribution in [0.4, 0.5) is 0 Å². The van der Waals surface area contributed by atoms with E-state index in [1.165, 1.54) is 11.1 Å². The van der Waals surface area contributed by atoms with Crippen molar-refractivity contribution in [2.75, 3.05) is 0 Å². The third kappa shape index (κ3) is 1.77. The van der Waals surface area contributed by atoms with Crippen molar-refractivity contribution in [3.05, 3.63) is 34.0 Å². The van der Waals surface area contributed by atoms with Crippen LogP contribution in [-0.2, 0) is 6.54 Å². The largest absolute Gasteiger partial charge is 0.331 e. The number of carbonyl (C=O) groups excluding carboxylic acids is 1. The maximum atomic E-state index is 11.7. The van der Waals surface area contributed by atoms with Crippen LogP contribution in [0.25, 0.3) is 10.9 Å². The Bertz CT molecular complexity index is 610. The van der Waals surface area contributed by atoms with Gasteiger partial charge < -0.3 is 4.57 Å². The molecule has 90 valence electrons. The molecule has 2 aromatic rings. The average Bonchev–Trinajstić information content (AvgIpc) is 2.50. The van der Waals surface area contributed by atoms with E-state index in [4.69, 9.17) is 11.6 Å². The second-order valence-electron chi connectivity index (χ2n) is 4.42. The second kappa shape index (κ2) is 4.19. The summed E-state index contributed by atoms with van der Waals surface area (Å²) in [5.74, 6) is 0.0236. The predicted octanol–water partition coefficient (Wildman–Crippen LogP) is 4.13. The number of nitrogens with zero attached hydrogens (tertiary/aromatic N) is 1. The Morgan fingerprint density at radius 1 is 1.29 bits per heavy atom. The van der Waals surface area contributed by atoms with Crippen molar-refractivity contribution in [2.24, 2.45) is 0 Å². The Hall–Kier alpha value is -1.28. The second-order valence-corrected chi connectivity index (χ2v) is 4.78. The SMILES string of the molecule is CCn1c(Cl)c(C(C)=O)c2cc(C)c(C)cc21. The molecular formula is C14H16ClNO. The van der Waals surface area contributed by atoms with E-state index >= 15 is 0 Å². The fraction of sp³-hybridized carbons (Fsp3) is 0.357. The Balaban J connectivity index is 2.95. The Morgan fingerprint density at radius 3 is 2.41 bits per heavy atom. The average molecular weight is 250 g/mol. The molecule has 17 heavy (non-hydrogen) atoms. The molecule has 0 N–H and O–H groups in total. The van der Waals surface area contributed by atoms with E-state index < -0.39 is 0 Å². The van der Waals surface area contributed by atoms with Crippen molar-refractivity contribution in [3.8, 4) is 0 Å². The predicted molar refractivity (Wildman–Crippen MR) is 72.1 cm³/mol. The highest BCUT2D eigenvalue weighted by Crippen LogP contribution is 2.32. The van der Waals surface area contributed by atoms with Crippen molar-refractivity contribution in [2.45, 2.75) is 34.2 Å². The van der Waals surface area contributed by atoms with Crippen LogP contribution in [0, 0.1) is 13.8 Å². The molecule has 0 amide bonds. The van der Waals surface area contributed by atoms with Crippen LogP contribution in [-0.4, -0.2) is 10.4 Å². The zero-order valence-electron chi connectivity index (χ0n) is 10.6. The molecule has 2 nitrogen and oxygen atoms in total. The van der Waals surface area contributed by atoms with E-state index in [1.807, 2.05) is 11.5 Å². The number of halogens is 1. The first-order valence-corrected chi connectivity index (χ1v) is 6.15. The molecule has 0 saturated carbocycles. The molecule has 0 atom stereocenters. The van der Waals surface area contributed by atoms with Crippen LogP contribution in [0.1, 0.15) is 35.3 Å². The van der Waals surface area contributed by atoms with E-state index in [0.717, 1.165) is 17.4 Å². The summed E-state index contributed by atoms with van der Waals surface area (Å²) in [4.78, 5) is 11.7. The highest BCUT2D eigenvalue weighted by atomic mass is 35.5. The summed E-state index contributed by atoms with van der Waals surface area (Å²) in [5, 5.41) is 1.52. The maximum absolute atomic E-state index is 11.7. The fourth-order valence-electron chi connectivity index (χ4n) is 2.22. The standard InChI is InChI=1S/C14H16ClNO/c1-5-16-12-7-9(3)8(2)6-11(12)13(10(4)17)14(16)15/h6-7H,5H2,1-4H3. The minimum Gasteiger partial charge on any atom is -0.331 e. The summed E-state index contributed by atoms with van der Waals surface area (Å²) in [6, 6.07) is 4.16. The number of aromatic nitrogens is 1. The van der Waals surface area contributed by atoms with Gasteiger partial charge in [0.05, 0.1) is 11.1 Å². The topological polar surface area (TPSA) is 22.0 Å². The van der Waals surface area contributed by atoms with Gasteiger partial charge >= 0.3 is 0 Å². The molecule has 0 saturated heterocycles. The maximum Gasteiger partial charge on any atom is 0.163 e. The van der Waals surface area contributed by atoms with Crippen molar-refractivity contribution < 1.29 is 4.79 Å². The third-order valence-corrected chi connectivity index (χ3v) is 3.68. The molecule has 3 heteroatoms. The van der Waals surface area contributed by atoms with Crippen molar-refractivity contribution in [3.63, 3.8) is 0 Å². The van der Waals surface area contributed by atoms with Gasteiger partial charge in [0.15, 0.2) is 5.78 Å². The number of rotatable bonds is 2. The van der Waals surface area contributed by atoms with E-state index in [9.17, 15) is 4.79 Å². The minimum atomic E-state index is 0.0236. The van der Waals surface area contributed by atoms with Gasteiger partial charge in [-0.05, 0) is 51.0 Å². The number of hydrogen-bond donors (Lipinski definition) is 0. The number of fused-ring (bicyclic) bond motifs is 1. The molecule has 0 bridgehead atoms. The van der Waals surface area contributed by atoms with Gasteiger partial charge in [-0.1, -0.05) is 11.6 Å². The Labute approximate surface area is 106 Å². The molecule has 2 rings (SSSR count). The monoisotopic (exact) mass is 249 g/mol. The number of Topliss-reactive ketones (excluding diaryl/α,β-unsaturated/α-hetero) is 1. The van der Waals surface area contributed by atoms with Crippen LogP contribution >= 0.6 is 11.6 Å². The normalized spacial score (nSPS) is 11.1. The number of benzene rings is 1. The smallest absolute Gasteiger partial charge is 0.163 e.